The molecule has 0 unspecified atom stereocenters. The third kappa shape index (κ3) is 2.79. The van der Waals surface area contributed by atoms with Crippen LogP contribution in [0.1, 0.15) is 26.7 Å². The molecule has 0 aliphatic carbocycles. The molecule has 0 saturated carbocycles. The van der Waals surface area contributed by atoms with Crippen molar-refractivity contribution in [3.8, 4) is 0 Å². The van der Waals surface area contributed by atoms with Gasteiger partial charge in [-0.05, 0) is 25.5 Å². The summed E-state index contributed by atoms with van der Waals surface area (Å²) in [5, 5.41) is 0.925. The number of hydrogen-bond donors (Lipinski definition) is 0. The van der Waals surface area contributed by atoms with Gasteiger partial charge in [0.25, 0.3) is 0 Å². The molecule has 19 heavy (non-hydrogen) atoms. The van der Waals surface area contributed by atoms with Gasteiger partial charge in [-0.1, -0.05) is 42.8 Å². The standard InChI is InChI=1S/C16H21ClN2/c1-4-14(17)10-11-16(2)18(3)12-13-19(16)15-8-6-5-7-9-15/h5-10,12-13H,4,11H2,1-3H3/b14-10+/t16-/m1/s1. The predicted molar refractivity (Wildman–Crippen MR) is 83.1 cm³/mol. The monoisotopic (exact) mass is 276 g/mol. The molecule has 1 aromatic rings. The van der Waals surface area contributed by atoms with Gasteiger partial charge in [-0.3, -0.25) is 0 Å². The minimum atomic E-state index is -0.101. The number of nitrogens with zero attached hydrogens (tertiary/aromatic N) is 2. The molecular formula is C16H21ClN2. The Hall–Kier alpha value is -1.41. The van der Waals surface area contributed by atoms with Crippen molar-refractivity contribution in [2.45, 2.75) is 32.4 Å². The van der Waals surface area contributed by atoms with Gasteiger partial charge in [0.2, 0.25) is 0 Å². The zero-order valence-electron chi connectivity index (χ0n) is 11.8. The minimum Gasteiger partial charge on any atom is -0.356 e. The van der Waals surface area contributed by atoms with Gasteiger partial charge in [0.05, 0.1) is 0 Å². The molecule has 0 bridgehead atoms. The Morgan fingerprint density at radius 3 is 2.58 bits per heavy atom. The van der Waals surface area contributed by atoms with Crippen LogP contribution in [-0.4, -0.2) is 17.6 Å². The van der Waals surface area contributed by atoms with Gasteiger partial charge in [-0.2, -0.15) is 0 Å². The summed E-state index contributed by atoms with van der Waals surface area (Å²) in [5.74, 6) is 0. The van der Waals surface area contributed by atoms with Crippen LogP contribution in [0.2, 0.25) is 0 Å². The van der Waals surface area contributed by atoms with E-state index in [4.69, 9.17) is 11.6 Å². The Morgan fingerprint density at radius 2 is 1.95 bits per heavy atom. The third-order valence-electron chi connectivity index (χ3n) is 3.80. The summed E-state index contributed by atoms with van der Waals surface area (Å²) in [6.45, 7) is 4.31. The van der Waals surface area contributed by atoms with E-state index in [1.54, 1.807) is 0 Å². The minimum absolute atomic E-state index is 0.101. The van der Waals surface area contributed by atoms with Crippen LogP contribution >= 0.6 is 11.6 Å². The number of para-hydroxylation sites is 1. The fourth-order valence-electron chi connectivity index (χ4n) is 2.30. The molecule has 0 saturated heterocycles. The zero-order chi connectivity index (χ0) is 13.9. The first-order chi connectivity index (χ1) is 9.08. The summed E-state index contributed by atoms with van der Waals surface area (Å²) in [4.78, 5) is 4.53. The molecule has 2 nitrogen and oxygen atoms in total. The highest BCUT2D eigenvalue weighted by Gasteiger charge is 2.36. The van der Waals surface area contributed by atoms with Crippen molar-refractivity contribution in [3.05, 3.63) is 53.8 Å². The third-order valence-corrected chi connectivity index (χ3v) is 4.22. The lowest BCUT2D eigenvalue weighted by molar-refractivity contribution is 0.230. The van der Waals surface area contributed by atoms with Gasteiger partial charge in [0.15, 0.2) is 0 Å². The van der Waals surface area contributed by atoms with Crippen molar-refractivity contribution in [3.63, 3.8) is 0 Å². The first-order valence-corrected chi connectivity index (χ1v) is 7.06. The molecule has 1 aliphatic rings. The van der Waals surface area contributed by atoms with Gasteiger partial charge in [-0.25, -0.2) is 0 Å². The summed E-state index contributed by atoms with van der Waals surface area (Å²) < 4.78 is 0. The van der Waals surface area contributed by atoms with E-state index in [0.29, 0.717) is 0 Å². The van der Waals surface area contributed by atoms with Crippen LogP contribution in [0.5, 0.6) is 0 Å². The van der Waals surface area contributed by atoms with Crippen LogP contribution < -0.4 is 4.90 Å². The first kappa shape index (κ1) is 14.0. The summed E-state index contributed by atoms with van der Waals surface area (Å²) in [6.07, 6.45) is 8.14. The molecule has 1 heterocycles. The second kappa shape index (κ2) is 5.70. The summed E-state index contributed by atoms with van der Waals surface area (Å²) >= 11 is 6.15. The second-order valence-corrected chi connectivity index (χ2v) is 5.53. The van der Waals surface area contributed by atoms with E-state index in [1.807, 2.05) is 6.07 Å². The Kier molecular flexibility index (Phi) is 4.20. The maximum atomic E-state index is 6.15. The van der Waals surface area contributed by atoms with Gasteiger partial charge in [0.1, 0.15) is 5.66 Å². The molecule has 0 amide bonds. The Bertz CT molecular complexity index is 481. The topological polar surface area (TPSA) is 6.48 Å². The van der Waals surface area contributed by atoms with E-state index >= 15 is 0 Å². The van der Waals surface area contributed by atoms with Gasteiger partial charge in [0, 0.05) is 36.6 Å². The van der Waals surface area contributed by atoms with E-state index in [1.165, 1.54) is 5.69 Å². The molecule has 0 N–H and O–H groups in total. The zero-order valence-corrected chi connectivity index (χ0v) is 12.6. The summed E-state index contributed by atoms with van der Waals surface area (Å²) in [5.41, 5.74) is 1.10. The largest absolute Gasteiger partial charge is 0.356 e. The van der Waals surface area contributed by atoms with Crippen molar-refractivity contribution >= 4 is 17.3 Å². The van der Waals surface area contributed by atoms with Crippen molar-refractivity contribution in [2.75, 3.05) is 11.9 Å². The van der Waals surface area contributed by atoms with Crippen LogP contribution in [0.3, 0.4) is 0 Å². The van der Waals surface area contributed by atoms with Gasteiger partial charge in [-0.15, -0.1) is 0 Å². The highest BCUT2D eigenvalue weighted by Crippen LogP contribution is 2.35. The average molecular weight is 277 g/mol. The van der Waals surface area contributed by atoms with Crippen LogP contribution in [0.4, 0.5) is 5.69 Å². The normalized spacial score (nSPS) is 23.3. The van der Waals surface area contributed by atoms with E-state index in [0.717, 1.165) is 17.9 Å². The van der Waals surface area contributed by atoms with Crippen LogP contribution in [-0.2, 0) is 0 Å². The van der Waals surface area contributed by atoms with Crippen LogP contribution in [0, 0.1) is 0 Å². The fraction of sp³-hybridized carbons (Fsp3) is 0.375. The molecular weight excluding hydrogens is 256 g/mol. The van der Waals surface area contributed by atoms with E-state index in [2.05, 4.69) is 73.4 Å². The SMILES string of the molecule is CC/C(Cl)=C\C[C@]1(C)N(C)C=CN1c1ccccc1. The molecule has 2 rings (SSSR count). The van der Waals surface area contributed by atoms with Crippen molar-refractivity contribution < 1.29 is 0 Å². The first-order valence-electron chi connectivity index (χ1n) is 6.68. The molecule has 1 atom stereocenters. The van der Waals surface area contributed by atoms with E-state index in [9.17, 15) is 0 Å². The molecule has 1 aromatic carbocycles. The quantitative estimate of drug-likeness (QED) is 0.796. The van der Waals surface area contributed by atoms with Gasteiger partial charge >= 0.3 is 0 Å². The molecule has 1 aliphatic heterocycles. The van der Waals surface area contributed by atoms with Crippen molar-refractivity contribution in [1.29, 1.82) is 0 Å². The Balaban J connectivity index is 2.26. The molecule has 0 fully saturated rings. The number of allylic oxidation sites excluding steroid dienone is 1. The van der Waals surface area contributed by atoms with Gasteiger partial charge < -0.3 is 9.80 Å². The summed E-state index contributed by atoms with van der Waals surface area (Å²) in [6, 6.07) is 10.4. The number of benzene rings is 1. The average Bonchev–Trinajstić information content (AvgIpc) is 2.74. The second-order valence-electron chi connectivity index (χ2n) is 5.04. The molecule has 0 spiro atoms. The predicted octanol–water partition coefficient (Wildman–Crippen LogP) is 4.55. The molecule has 0 aromatic heterocycles. The fourth-order valence-corrected chi connectivity index (χ4v) is 2.38. The molecule has 0 radical (unpaired) electrons. The molecule has 3 heteroatoms. The van der Waals surface area contributed by atoms with Crippen LogP contribution in [0.25, 0.3) is 0 Å². The smallest absolute Gasteiger partial charge is 0.117 e. The highest BCUT2D eigenvalue weighted by atomic mass is 35.5. The lowest BCUT2D eigenvalue weighted by Crippen LogP contribution is -2.49. The van der Waals surface area contributed by atoms with E-state index in [-0.39, 0.29) is 5.66 Å². The van der Waals surface area contributed by atoms with Crippen molar-refractivity contribution in [1.82, 2.24) is 4.90 Å². The number of anilines is 1. The lowest BCUT2D eigenvalue weighted by Gasteiger charge is -2.41. The highest BCUT2D eigenvalue weighted by molar-refractivity contribution is 6.29. The lowest BCUT2D eigenvalue weighted by atomic mass is 10.0. The summed E-state index contributed by atoms with van der Waals surface area (Å²) in [7, 11) is 2.10. The Labute approximate surface area is 121 Å². The van der Waals surface area contributed by atoms with Crippen LogP contribution in [0.15, 0.2) is 53.8 Å². The Morgan fingerprint density at radius 1 is 1.26 bits per heavy atom. The number of halogens is 1. The maximum Gasteiger partial charge on any atom is 0.117 e. The number of hydrogen-bond acceptors (Lipinski definition) is 2. The van der Waals surface area contributed by atoms with E-state index < -0.39 is 0 Å². The van der Waals surface area contributed by atoms with Crippen molar-refractivity contribution in [2.24, 2.45) is 0 Å². The molecule has 102 valence electrons. The number of rotatable bonds is 4. The maximum absolute atomic E-state index is 6.15.